The molecule has 0 spiro atoms. The second kappa shape index (κ2) is 6.22. The van der Waals surface area contributed by atoms with E-state index in [0.29, 0.717) is 29.0 Å². The lowest BCUT2D eigenvalue weighted by atomic mass is 9.95. The smallest absolute Gasteiger partial charge is 0.340 e. The molecule has 148 valence electrons. The minimum absolute atomic E-state index is 0.150. The van der Waals surface area contributed by atoms with Gasteiger partial charge in [-0.25, -0.2) is 14.2 Å². The van der Waals surface area contributed by atoms with Gasteiger partial charge in [-0.15, -0.1) is 0 Å². The Morgan fingerprint density at radius 1 is 1.28 bits per heavy atom. The molecule has 0 saturated carbocycles. The van der Waals surface area contributed by atoms with Crippen LogP contribution in [0.15, 0.2) is 23.0 Å². The number of halogens is 1. The van der Waals surface area contributed by atoms with Crippen LogP contribution >= 0.6 is 0 Å². The average molecular weight is 394 g/mol. The van der Waals surface area contributed by atoms with Gasteiger partial charge in [0.25, 0.3) is 5.56 Å². The van der Waals surface area contributed by atoms with Crippen LogP contribution in [-0.2, 0) is 29.1 Å². The van der Waals surface area contributed by atoms with E-state index in [4.69, 9.17) is 4.74 Å². The van der Waals surface area contributed by atoms with Crippen molar-refractivity contribution < 1.29 is 19.0 Å². The highest BCUT2D eigenvalue weighted by molar-refractivity contribution is 5.89. The lowest BCUT2D eigenvalue weighted by molar-refractivity contribution is -0.157. The summed E-state index contributed by atoms with van der Waals surface area (Å²) in [6, 6.07) is 4.89. The lowest BCUT2D eigenvalue weighted by Gasteiger charge is -2.21. The van der Waals surface area contributed by atoms with E-state index in [2.05, 4.69) is 11.9 Å². The van der Waals surface area contributed by atoms with Crippen LogP contribution in [0.5, 0.6) is 0 Å². The van der Waals surface area contributed by atoms with Crippen molar-refractivity contribution in [2.75, 3.05) is 0 Å². The number of carbonyl (C=O) groups is 1. The molecule has 7 heteroatoms. The summed E-state index contributed by atoms with van der Waals surface area (Å²) in [5, 5.41) is 11.1. The number of aromatic nitrogens is 2. The van der Waals surface area contributed by atoms with E-state index >= 15 is 0 Å². The van der Waals surface area contributed by atoms with Crippen LogP contribution in [-0.4, -0.2) is 20.6 Å². The third-order valence-corrected chi connectivity index (χ3v) is 5.85. The van der Waals surface area contributed by atoms with Gasteiger partial charge in [-0.2, -0.15) is 0 Å². The highest BCUT2D eigenvalue weighted by Crippen LogP contribution is 2.38. The minimum atomic E-state index is -1.49. The summed E-state index contributed by atoms with van der Waals surface area (Å²) in [5.41, 5.74) is 4.49. The molecule has 1 N–H and O–H groups in total. The van der Waals surface area contributed by atoms with Crippen LogP contribution in [0.2, 0.25) is 0 Å². The van der Waals surface area contributed by atoms with Gasteiger partial charge in [-0.05, 0) is 36.6 Å². The molecule has 0 aliphatic carbocycles. The maximum Gasteiger partial charge on any atom is 0.340 e. The predicted molar refractivity (Wildman–Crippen MR) is 104 cm³/mol. The molecule has 0 amide bonds. The first-order chi connectivity index (χ1) is 13.9. The number of nitrogens with zero attached hydrogens (tertiary/aromatic N) is 2. The molecule has 1 aromatic carbocycles. The maximum atomic E-state index is 14.2. The molecule has 2 aliphatic rings. The van der Waals surface area contributed by atoms with E-state index in [0.717, 1.165) is 29.4 Å². The van der Waals surface area contributed by atoms with Crippen molar-refractivity contribution in [2.24, 2.45) is 0 Å². The third-order valence-electron chi connectivity index (χ3n) is 5.85. The first-order valence-corrected chi connectivity index (χ1v) is 9.64. The molecule has 1 unspecified atom stereocenters. The van der Waals surface area contributed by atoms with Crippen molar-refractivity contribution in [1.29, 1.82) is 0 Å². The molecule has 2 aliphatic heterocycles. The number of hydrogen-bond donors (Lipinski definition) is 1. The summed E-state index contributed by atoms with van der Waals surface area (Å²) >= 11 is 0. The Morgan fingerprint density at radius 2 is 2.07 bits per heavy atom. The van der Waals surface area contributed by atoms with Crippen LogP contribution in [0.3, 0.4) is 0 Å². The largest absolute Gasteiger partial charge is 0.458 e. The van der Waals surface area contributed by atoms with Gasteiger partial charge >= 0.3 is 5.97 Å². The number of aryl methyl sites for hydroxylation is 2. The van der Waals surface area contributed by atoms with Crippen LogP contribution in [0.4, 0.5) is 4.39 Å². The number of pyridine rings is 2. The van der Waals surface area contributed by atoms with Gasteiger partial charge in [0.05, 0.1) is 29.0 Å². The highest BCUT2D eigenvalue weighted by atomic mass is 19.1. The predicted octanol–water partition coefficient (Wildman–Crippen LogP) is 2.92. The number of aliphatic hydroxyl groups excluding tert-OH is 1. The summed E-state index contributed by atoms with van der Waals surface area (Å²) in [6.45, 7) is 4.00. The molecular formula is C22H19FN2O4. The molecule has 5 rings (SSSR count). The number of aliphatic hydroxyl groups is 1. The number of esters is 1. The quantitative estimate of drug-likeness (QED) is 0.529. The summed E-state index contributed by atoms with van der Waals surface area (Å²) < 4.78 is 20.7. The van der Waals surface area contributed by atoms with E-state index in [1.165, 1.54) is 6.07 Å². The summed E-state index contributed by atoms with van der Waals surface area (Å²) in [5.74, 6) is -1.10. The SMILES string of the molecule is CCCc1c2c(nc3cc(F)c(C)cc13)-c1cc3c(c(=O)n1C2)COC(=O)C3O. The summed E-state index contributed by atoms with van der Waals surface area (Å²) in [4.78, 5) is 29.5. The fourth-order valence-corrected chi connectivity index (χ4v) is 4.37. The summed E-state index contributed by atoms with van der Waals surface area (Å²) in [6.07, 6.45) is 0.182. The van der Waals surface area contributed by atoms with Gasteiger partial charge < -0.3 is 14.4 Å². The Morgan fingerprint density at radius 3 is 2.83 bits per heavy atom. The molecule has 0 bridgehead atoms. The molecule has 0 radical (unpaired) electrons. The van der Waals surface area contributed by atoms with Crippen molar-refractivity contribution in [3.8, 4) is 11.4 Å². The Balaban J connectivity index is 1.83. The van der Waals surface area contributed by atoms with Crippen LogP contribution in [0.25, 0.3) is 22.3 Å². The molecule has 1 atom stereocenters. The number of rotatable bonds is 2. The van der Waals surface area contributed by atoms with Gasteiger partial charge in [0.1, 0.15) is 12.4 Å². The van der Waals surface area contributed by atoms with E-state index in [1.807, 2.05) is 6.07 Å². The topological polar surface area (TPSA) is 81.4 Å². The number of carbonyl (C=O) groups excluding carboxylic acids is 1. The van der Waals surface area contributed by atoms with Gasteiger partial charge in [0.15, 0.2) is 6.10 Å². The highest BCUT2D eigenvalue weighted by Gasteiger charge is 2.34. The first kappa shape index (κ1) is 18.0. The fraction of sp³-hybridized carbons (Fsp3) is 0.318. The van der Waals surface area contributed by atoms with Crippen molar-refractivity contribution in [3.63, 3.8) is 0 Å². The van der Waals surface area contributed by atoms with Crippen molar-refractivity contribution in [1.82, 2.24) is 9.55 Å². The zero-order valence-electron chi connectivity index (χ0n) is 16.1. The van der Waals surface area contributed by atoms with Gasteiger partial charge in [0, 0.05) is 22.6 Å². The number of fused-ring (bicyclic) bond motifs is 5. The minimum Gasteiger partial charge on any atom is -0.458 e. The number of ether oxygens (including phenoxy) is 1. The van der Waals surface area contributed by atoms with Crippen molar-refractivity contribution >= 4 is 16.9 Å². The van der Waals surface area contributed by atoms with Crippen LogP contribution in [0, 0.1) is 12.7 Å². The van der Waals surface area contributed by atoms with Crippen molar-refractivity contribution in [2.45, 2.75) is 45.9 Å². The van der Waals surface area contributed by atoms with E-state index in [1.54, 1.807) is 17.6 Å². The Labute approximate surface area is 165 Å². The second-order valence-corrected chi connectivity index (χ2v) is 7.65. The standard InChI is InChI=1S/C22H19FN2O4/c1-3-4-11-12-5-10(2)16(23)7-17(12)24-19-14(11)8-25-18(19)6-13-15(21(25)27)9-29-22(28)20(13)26/h5-7,20,26H,3-4,8-9H2,1-2H3. The van der Waals surface area contributed by atoms with E-state index in [-0.39, 0.29) is 29.1 Å². The lowest BCUT2D eigenvalue weighted by Crippen LogP contribution is -2.32. The van der Waals surface area contributed by atoms with Crippen molar-refractivity contribution in [3.05, 3.63) is 62.2 Å². The Bertz CT molecular complexity index is 1280. The molecule has 6 nitrogen and oxygen atoms in total. The van der Waals surface area contributed by atoms with Gasteiger partial charge in [0.2, 0.25) is 0 Å². The maximum absolute atomic E-state index is 14.2. The van der Waals surface area contributed by atoms with Crippen LogP contribution in [0.1, 0.15) is 47.3 Å². The average Bonchev–Trinajstić information content (AvgIpc) is 3.05. The number of cyclic esters (lactones) is 1. The normalized spacial score (nSPS) is 17.1. The zero-order valence-corrected chi connectivity index (χ0v) is 16.1. The monoisotopic (exact) mass is 394 g/mol. The Kier molecular flexibility index (Phi) is 3.86. The van der Waals surface area contributed by atoms with E-state index in [9.17, 15) is 19.1 Å². The Hall–Kier alpha value is -3.06. The molecule has 29 heavy (non-hydrogen) atoms. The summed E-state index contributed by atoms with van der Waals surface area (Å²) in [7, 11) is 0. The fourth-order valence-electron chi connectivity index (χ4n) is 4.37. The second-order valence-electron chi connectivity index (χ2n) is 7.65. The molecule has 0 fully saturated rings. The van der Waals surface area contributed by atoms with Gasteiger partial charge in [-0.3, -0.25) is 4.79 Å². The molecule has 2 aromatic heterocycles. The molecule has 3 aromatic rings. The van der Waals surface area contributed by atoms with Crippen LogP contribution < -0.4 is 5.56 Å². The number of benzene rings is 1. The molecule has 4 heterocycles. The third kappa shape index (κ3) is 2.47. The molecule has 0 saturated heterocycles. The first-order valence-electron chi connectivity index (χ1n) is 9.64. The van der Waals surface area contributed by atoms with E-state index < -0.39 is 12.1 Å². The van der Waals surface area contributed by atoms with Gasteiger partial charge in [-0.1, -0.05) is 13.3 Å². The number of hydrogen-bond acceptors (Lipinski definition) is 5. The zero-order chi connectivity index (χ0) is 20.4. The molecular weight excluding hydrogens is 375 g/mol.